The molecule has 0 fully saturated rings. The van der Waals surface area contributed by atoms with E-state index in [1.54, 1.807) is 7.11 Å². The van der Waals surface area contributed by atoms with Crippen molar-refractivity contribution in [1.82, 2.24) is 0 Å². The molecule has 0 heterocycles. The third-order valence-electron chi connectivity index (χ3n) is 4.79. The van der Waals surface area contributed by atoms with Gasteiger partial charge in [-0.25, -0.2) is 0 Å². The average molecular weight is 407 g/mol. The van der Waals surface area contributed by atoms with Crippen LogP contribution in [-0.4, -0.2) is 26.9 Å². The van der Waals surface area contributed by atoms with Crippen LogP contribution < -0.4 is 0 Å². The van der Waals surface area contributed by atoms with Crippen molar-refractivity contribution in [3.05, 3.63) is 83.9 Å². The Bertz CT molecular complexity index is 727. The first-order valence-electron chi connectivity index (χ1n) is 10.6. The first kappa shape index (κ1) is 23.9. The molecule has 160 valence electrons. The molecule has 2 aromatic carbocycles. The summed E-state index contributed by atoms with van der Waals surface area (Å²) < 4.78 is 17.5. The number of rotatable bonds is 13. The zero-order chi connectivity index (χ0) is 21.3. The standard InChI is InChI=1S/C27H34O3/c1-3-4-11-18-27(19-12-13-20-28-2,23-29-21-25-14-7-5-8-15-25)24-30-22-26-16-9-6-10-17-26/h5-10,12-17H,3,18-24H2,1-2H3/b13-12-. The Morgan fingerprint density at radius 2 is 1.37 bits per heavy atom. The molecule has 2 rings (SSSR count). The van der Waals surface area contributed by atoms with Crippen molar-refractivity contribution in [2.75, 3.05) is 26.9 Å². The van der Waals surface area contributed by atoms with Crippen LogP contribution in [-0.2, 0) is 27.4 Å². The lowest BCUT2D eigenvalue weighted by molar-refractivity contribution is -0.0294. The first-order valence-corrected chi connectivity index (χ1v) is 10.6. The van der Waals surface area contributed by atoms with Gasteiger partial charge in [-0.15, -0.1) is 11.8 Å². The largest absolute Gasteiger partial charge is 0.381 e. The minimum Gasteiger partial charge on any atom is -0.381 e. The molecule has 0 saturated heterocycles. The summed E-state index contributed by atoms with van der Waals surface area (Å²) in [7, 11) is 1.70. The fraction of sp³-hybridized carbons (Fsp3) is 0.407. The van der Waals surface area contributed by atoms with Gasteiger partial charge in [0.25, 0.3) is 0 Å². The highest BCUT2D eigenvalue weighted by Gasteiger charge is 2.29. The van der Waals surface area contributed by atoms with Crippen LogP contribution in [0.2, 0.25) is 0 Å². The molecule has 0 amide bonds. The lowest BCUT2D eigenvalue weighted by atomic mass is 9.82. The van der Waals surface area contributed by atoms with Crippen molar-refractivity contribution >= 4 is 0 Å². The van der Waals surface area contributed by atoms with Gasteiger partial charge >= 0.3 is 0 Å². The SMILES string of the molecule is CCC#CCC(C/C=C\COC)(COCc1ccccc1)COCc1ccccc1. The van der Waals surface area contributed by atoms with Gasteiger partial charge in [0.05, 0.1) is 33.0 Å². The molecular formula is C27H34O3. The van der Waals surface area contributed by atoms with Crippen LogP contribution in [0.1, 0.15) is 37.3 Å². The van der Waals surface area contributed by atoms with Gasteiger partial charge in [-0.2, -0.15) is 0 Å². The van der Waals surface area contributed by atoms with Gasteiger partial charge in [-0.3, -0.25) is 0 Å². The van der Waals surface area contributed by atoms with Crippen LogP contribution in [0.3, 0.4) is 0 Å². The van der Waals surface area contributed by atoms with Crippen molar-refractivity contribution in [1.29, 1.82) is 0 Å². The predicted molar refractivity (Wildman–Crippen MR) is 123 cm³/mol. The molecule has 0 aliphatic heterocycles. The Labute approximate surface area is 182 Å². The first-order chi connectivity index (χ1) is 14.8. The second-order valence-electron chi connectivity index (χ2n) is 7.47. The van der Waals surface area contributed by atoms with Crippen LogP contribution in [0.4, 0.5) is 0 Å². The Kier molecular flexibility index (Phi) is 11.6. The Hall–Kier alpha value is -2.38. The van der Waals surface area contributed by atoms with Gasteiger partial charge in [-0.1, -0.05) is 79.7 Å². The molecule has 2 aromatic rings. The summed E-state index contributed by atoms with van der Waals surface area (Å²) in [5, 5.41) is 0. The number of benzene rings is 2. The van der Waals surface area contributed by atoms with E-state index < -0.39 is 0 Å². The van der Waals surface area contributed by atoms with E-state index in [1.807, 2.05) is 36.4 Å². The molecule has 30 heavy (non-hydrogen) atoms. The predicted octanol–water partition coefficient (Wildman–Crippen LogP) is 5.80. The second-order valence-corrected chi connectivity index (χ2v) is 7.47. The highest BCUT2D eigenvalue weighted by Crippen LogP contribution is 2.29. The maximum atomic E-state index is 6.16. The third kappa shape index (κ3) is 9.41. The van der Waals surface area contributed by atoms with Crippen LogP contribution in [0.5, 0.6) is 0 Å². The molecule has 0 atom stereocenters. The number of ether oxygens (including phenoxy) is 3. The molecule has 0 saturated carbocycles. The molecule has 0 radical (unpaired) electrons. The van der Waals surface area contributed by atoms with Gasteiger partial charge in [-0.05, 0) is 17.5 Å². The number of methoxy groups -OCH3 is 1. The molecule has 0 unspecified atom stereocenters. The fourth-order valence-electron chi connectivity index (χ4n) is 3.13. The monoisotopic (exact) mass is 406 g/mol. The van der Waals surface area contributed by atoms with Gasteiger partial charge in [0.1, 0.15) is 0 Å². The average Bonchev–Trinajstić information content (AvgIpc) is 2.78. The van der Waals surface area contributed by atoms with Gasteiger partial charge < -0.3 is 14.2 Å². The van der Waals surface area contributed by atoms with Crippen LogP contribution in [0.25, 0.3) is 0 Å². The number of hydrogen-bond acceptors (Lipinski definition) is 3. The van der Waals surface area contributed by atoms with Crippen LogP contribution >= 0.6 is 0 Å². The van der Waals surface area contributed by atoms with E-state index in [9.17, 15) is 0 Å². The normalized spacial score (nSPS) is 11.4. The fourth-order valence-corrected chi connectivity index (χ4v) is 3.13. The van der Waals surface area contributed by atoms with Crippen molar-refractivity contribution in [3.8, 4) is 11.8 Å². The highest BCUT2D eigenvalue weighted by atomic mass is 16.5. The summed E-state index contributed by atoms with van der Waals surface area (Å²) in [5.74, 6) is 6.55. The minimum absolute atomic E-state index is 0.198. The molecule has 0 bridgehead atoms. The highest BCUT2D eigenvalue weighted by molar-refractivity contribution is 5.14. The Morgan fingerprint density at radius 3 is 1.87 bits per heavy atom. The molecule has 0 spiro atoms. The zero-order valence-corrected chi connectivity index (χ0v) is 18.3. The van der Waals surface area contributed by atoms with Crippen molar-refractivity contribution in [2.24, 2.45) is 5.41 Å². The van der Waals surface area contributed by atoms with E-state index in [4.69, 9.17) is 14.2 Å². The van der Waals surface area contributed by atoms with Gasteiger partial charge in [0.2, 0.25) is 0 Å². The van der Waals surface area contributed by atoms with Crippen LogP contribution in [0, 0.1) is 17.3 Å². The van der Waals surface area contributed by atoms with Crippen LogP contribution in [0.15, 0.2) is 72.8 Å². The summed E-state index contributed by atoms with van der Waals surface area (Å²) in [6.07, 6.45) is 6.64. The van der Waals surface area contributed by atoms with E-state index in [0.29, 0.717) is 33.0 Å². The molecule has 0 aromatic heterocycles. The van der Waals surface area contributed by atoms with E-state index >= 15 is 0 Å². The maximum Gasteiger partial charge on any atom is 0.0717 e. The van der Waals surface area contributed by atoms with Crippen molar-refractivity contribution < 1.29 is 14.2 Å². The van der Waals surface area contributed by atoms with Gasteiger partial charge in [0, 0.05) is 25.4 Å². The number of allylic oxidation sites excluding steroid dienone is 1. The lowest BCUT2D eigenvalue weighted by Crippen LogP contribution is -2.32. The van der Waals surface area contributed by atoms with Gasteiger partial charge in [0.15, 0.2) is 0 Å². The summed E-state index contributed by atoms with van der Waals surface area (Å²) >= 11 is 0. The molecule has 0 N–H and O–H groups in total. The van der Waals surface area contributed by atoms with E-state index in [2.05, 4.69) is 55.2 Å². The van der Waals surface area contributed by atoms with E-state index in [-0.39, 0.29) is 5.41 Å². The molecule has 0 aliphatic rings. The second kappa shape index (κ2) is 14.6. The Morgan fingerprint density at radius 1 is 0.800 bits per heavy atom. The van der Waals surface area contributed by atoms with Crippen molar-refractivity contribution in [2.45, 2.75) is 39.4 Å². The Balaban J connectivity index is 2.06. The molecular weight excluding hydrogens is 372 g/mol. The zero-order valence-electron chi connectivity index (χ0n) is 18.3. The summed E-state index contributed by atoms with van der Waals surface area (Å²) in [6.45, 7) is 5.03. The van der Waals surface area contributed by atoms with E-state index in [0.717, 1.165) is 19.3 Å². The van der Waals surface area contributed by atoms with Crippen molar-refractivity contribution in [3.63, 3.8) is 0 Å². The minimum atomic E-state index is -0.198. The van der Waals surface area contributed by atoms with E-state index in [1.165, 1.54) is 11.1 Å². The smallest absolute Gasteiger partial charge is 0.0717 e. The molecule has 0 aliphatic carbocycles. The molecule has 3 heteroatoms. The molecule has 3 nitrogen and oxygen atoms in total. The number of hydrogen-bond donors (Lipinski definition) is 0. The lowest BCUT2D eigenvalue weighted by Gasteiger charge is -2.31. The summed E-state index contributed by atoms with van der Waals surface area (Å²) in [6, 6.07) is 20.5. The third-order valence-corrected chi connectivity index (χ3v) is 4.79. The summed E-state index contributed by atoms with van der Waals surface area (Å²) in [5.41, 5.74) is 2.15. The summed E-state index contributed by atoms with van der Waals surface area (Å²) in [4.78, 5) is 0. The quantitative estimate of drug-likeness (QED) is 0.311. The maximum absolute atomic E-state index is 6.16. The topological polar surface area (TPSA) is 27.7 Å².